The van der Waals surface area contributed by atoms with Crippen molar-refractivity contribution < 1.29 is 17.3 Å². The highest BCUT2D eigenvalue weighted by atomic mass is 32.2. The second-order valence-corrected chi connectivity index (χ2v) is 7.28. The second-order valence-electron chi connectivity index (χ2n) is 5.45. The van der Waals surface area contributed by atoms with E-state index in [2.05, 4.69) is 5.16 Å². The second kappa shape index (κ2) is 5.48. The van der Waals surface area contributed by atoms with Crippen molar-refractivity contribution in [2.45, 2.75) is 37.6 Å². The van der Waals surface area contributed by atoms with Gasteiger partial charge in [0.2, 0.25) is 10.0 Å². The van der Waals surface area contributed by atoms with Gasteiger partial charge in [0.05, 0.1) is 6.04 Å². The minimum Gasteiger partial charge on any atom is -0.360 e. The van der Waals surface area contributed by atoms with E-state index in [1.807, 2.05) is 0 Å². The van der Waals surface area contributed by atoms with Gasteiger partial charge in [-0.25, -0.2) is 12.8 Å². The van der Waals surface area contributed by atoms with Crippen molar-refractivity contribution in [2.24, 2.45) is 0 Å². The fourth-order valence-electron chi connectivity index (χ4n) is 3.04. The molecule has 0 aliphatic carbocycles. The van der Waals surface area contributed by atoms with Crippen LogP contribution in [0.25, 0.3) is 0 Å². The van der Waals surface area contributed by atoms with Gasteiger partial charge in [0.15, 0.2) is 5.76 Å². The molecule has 1 saturated heterocycles. The fraction of sp³-hybridized carbons (Fsp3) is 0.400. The number of hydrogen-bond acceptors (Lipinski definition) is 4. The summed E-state index contributed by atoms with van der Waals surface area (Å²) in [4.78, 5) is 0.0933. The zero-order chi connectivity index (χ0) is 15.9. The molecule has 1 atom stereocenters. The molecule has 1 aliphatic heterocycles. The quantitative estimate of drug-likeness (QED) is 0.871. The van der Waals surface area contributed by atoms with Crippen LogP contribution in [0, 0.1) is 19.7 Å². The molecule has 1 fully saturated rings. The summed E-state index contributed by atoms with van der Waals surface area (Å²) in [5, 5.41) is 3.71. The molecular formula is C15H17FN2O3S. The van der Waals surface area contributed by atoms with Crippen LogP contribution in [-0.4, -0.2) is 24.4 Å². The topological polar surface area (TPSA) is 63.4 Å². The highest BCUT2D eigenvalue weighted by Crippen LogP contribution is 2.38. The Bertz CT molecular complexity index is 781. The van der Waals surface area contributed by atoms with Crippen molar-refractivity contribution in [3.05, 3.63) is 47.1 Å². The van der Waals surface area contributed by atoms with Crippen LogP contribution >= 0.6 is 0 Å². The standard InChI is InChI=1S/C15H17FN2O3S/c1-10-15(11(2)21-17-10)22(19,20)18-9-5-8-14(18)12-6-3-4-7-13(12)16/h3-4,6-7,14H,5,8-9H2,1-2H3. The molecule has 1 aromatic heterocycles. The lowest BCUT2D eigenvalue weighted by Crippen LogP contribution is -2.31. The van der Waals surface area contributed by atoms with E-state index < -0.39 is 16.1 Å². The molecule has 118 valence electrons. The zero-order valence-corrected chi connectivity index (χ0v) is 13.2. The predicted octanol–water partition coefficient (Wildman–Crippen LogP) is 2.96. The molecule has 1 aliphatic rings. The number of aromatic nitrogens is 1. The molecule has 0 bridgehead atoms. The Morgan fingerprint density at radius 2 is 2.05 bits per heavy atom. The smallest absolute Gasteiger partial charge is 0.249 e. The van der Waals surface area contributed by atoms with Crippen LogP contribution in [0.5, 0.6) is 0 Å². The third-order valence-electron chi connectivity index (χ3n) is 4.00. The number of nitrogens with zero attached hydrogens (tertiary/aromatic N) is 2. The Morgan fingerprint density at radius 1 is 1.32 bits per heavy atom. The van der Waals surface area contributed by atoms with E-state index in [-0.39, 0.29) is 16.5 Å². The minimum absolute atomic E-state index is 0.0933. The Kier molecular flexibility index (Phi) is 3.78. The average molecular weight is 324 g/mol. The number of halogens is 1. The third-order valence-corrected chi connectivity index (χ3v) is 6.16. The summed E-state index contributed by atoms with van der Waals surface area (Å²) >= 11 is 0. The summed E-state index contributed by atoms with van der Waals surface area (Å²) in [7, 11) is -3.76. The molecule has 0 amide bonds. The first-order valence-electron chi connectivity index (χ1n) is 7.12. The van der Waals surface area contributed by atoms with Gasteiger partial charge in [0.1, 0.15) is 16.4 Å². The van der Waals surface area contributed by atoms with Crippen molar-refractivity contribution >= 4 is 10.0 Å². The van der Waals surface area contributed by atoms with E-state index in [4.69, 9.17) is 4.52 Å². The van der Waals surface area contributed by atoms with E-state index in [9.17, 15) is 12.8 Å². The maximum Gasteiger partial charge on any atom is 0.249 e. The predicted molar refractivity (Wildman–Crippen MR) is 78.2 cm³/mol. The highest BCUT2D eigenvalue weighted by Gasteiger charge is 2.40. The maximum atomic E-state index is 14.1. The monoisotopic (exact) mass is 324 g/mol. The molecule has 7 heteroatoms. The lowest BCUT2D eigenvalue weighted by atomic mass is 10.1. The van der Waals surface area contributed by atoms with Crippen LogP contribution in [0.4, 0.5) is 4.39 Å². The lowest BCUT2D eigenvalue weighted by Gasteiger charge is -2.24. The van der Waals surface area contributed by atoms with Crippen LogP contribution in [0.15, 0.2) is 33.7 Å². The Labute approximate surface area is 128 Å². The number of sulfonamides is 1. The van der Waals surface area contributed by atoms with E-state index in [0.717, 1.165) is 0 Å². The van der Waals surface area contributed by atoms with Gasteiger partial charge in [-0.15, -0.1) is 0 Å². The molecule has 0 saturated carbocycles. The van der Waals surface area contributed by atoms with Gasteiger partial charge in [-0.2, -0.15) is 4.31 Å². The Morgan fingerprint density at radius 3 is 2.68 bits per heavy atom. The maximum absolute atomic E-state index is 14.1. The van der Waals surface area contributed by atoms with Crippen molar-refractivity contribution in [2.75, 3.05) is 6.54 Å². The molecule has 2 aromatic rings. The zero-order valence-electron chi connectivity index (χ0n) is 12.4. The number of hydrogen-bond donors (Lipinski definition) is 0. The summed E-state index contributed by atoms with van der Waals surface area (Å²) in [5.74, 6) is -0.120. The van der Waals surface area contributed by atoms with Crippen LogP contribution in [-0.2, 0) is 10.0 Å². The minimum atomic E-state index is -3.76. The van der Waals surface area contributed by atoms with E-state index in [0.29, 0.717) is 30.6 Å². The Hall–Kier alpha value is -1.73. The van der Waals surface area contributed by atoms with Crippen LogP contribution in [0.1, 0.15) is 35.9 Å². The molecule has 0 radical (unpaired) electrons. The van der Waals surface area contributed by atoms with Gasteiger partial charge in [-0.3, -0.25) is 0 Å². The van der Waals surface area contributed by atoms with Crippen LogP contribution < -0.4 is 0 Å². The molecule has 3 rings (SSSR count). The molecule has 1 aromatic carbocycles. The molecule has 5 nitrogen and oxygen atoms in total. The SMILES string of the molecule is Cc1noc(C)c1S(=O)(=O)N1CCCC1c1ccccc1F. The van der Waals surface area contributed by atoms with Gasteiger partial charge in [0, 0.05) is 12.1 Å². The highest BCUT2D eigenvalue weighted by molar-refractivity contribution is 7.89. The lowest BCUT2D eigenvalue weighted by molar-refractivity contribution is 0.379. The van der Waals surface area contributed by atoms with Gasteiger partial charge >= 0.3 is 0 Å². The van der Waals surface area contributed by atoms with Crippen LogP contribution in [0.2, 0.25) is 0 Å². The van der Waals surface area contributed by atoms with Gasteiger partial charge in [-0.05, 0) is 32.8 Å². The van der Waals surface area contributed by atoms with Crippen molar-refractivity contribution in [3.8, 4) is 0 Å². The van der Waals surface area contributed by atoms with Crippen molar-refractivity contribution in [1.82, 2.24) is 9.46 Å². The van der Waals surface area contributed by atoms with Crippen molar-refractivity contribution in [3.63, 3.8) is 0 Å². The summed E-state index contributed by atoms with van der Waals surface area (Å²) in [6.45, 7) is 3.53. The fourth-order valence-corrected chi connectivity index (χ4v) is 5.01. The van der Waals surface area contributed by atoms with Gasteiger partial charge in [0.25, 0.3) is 0 Å². The van der Waals surface area contributed by atoms with Crippen LogP contribution in [0.3, 0.4) is 0 Å². The first kappa shape index (κ1) is 15.2. The number of aryl methyl sites for hydroxylation is 2. The summed E-state index contributed by atoms with van der Waals surface area (Å²) in [6.07, 6.45) is 1.30. The summed E-state index contributed by atoms with van der Waals surface area (Å²) < 4.78 is 46.3. The molecule has 2 heterocycles. The number of rotatable bonds is 3. The number of benzene rings is 1. The van der Waals surface area contributed by atoms with E-state index >= 15 is 0 Å². The largest absolute Gasteiger partial charge is 0.360 e. The van der Waals surface area contributed by atoms with Crippen molar-refractivity contribution in [1.29, 1.82) is 0 Å². The molecule has 1 unspecified atom stereocenters. The normalized spacial score (nSPS) is 19.7. The van der Waals surface area contributed by atoms with E-state index in [1.165, 1.54) is 10.4 Å². The average Bonchev–Trinajstić information content (AvgIpc) is 3.07. The van der Waals surface area contributed by atoms with E-state index in [1.54, 1.807) is 32.0 Å². The molecule has 0 N–H and O–H groups in total. The molecular weight excluding hydrogens is 307 g/mol. The summed E-state index contributed by atoms with van der Waals surface area (Å²) in [5.41, 5.74) is 0.743. The molecule has 0 spiro atoms. The van der Waals surface area contributed by atoms with Gasteiger partial charge < -0.3 is 4.52 Å². The molecule has 22 heavy (non-hydrogen) atoms. The summed E-state index contributed by atoms with van der Waals surface area (Å²) in [6, 6.07) is 5.83. The Balaban J connectivity index is 2.06. The van der Waals surface area contributed by atoms with Gasteiger partial charge in [-0.1, -0.05) is 23.4 Å². The third kappa shape index (κ3) is 2.34. The first-order valence-corrected chi connectivity index (χ1v) is 8.56. The first-order chi connectivity index (χ1) is 10.4.